The monoisotopic (exact) mass is 320 g/mol. The number of nitrogens with two attached hydrogens (primary N) is 2. The number of hydrogen-bond acceptors (Lipinski definition) is 4. The number of carbonyl (C=O) groups is 1. The van der Waals surface area contributed by atoms with Crippen molar-refractivity contribution >= 4 is 28.9 Å². The molecule has 0 atom stereocenters. The van der Waals surface area contributed by atoms with Crippen molar-refractivity contribution < 1.29 is 4.79 Å². The first-order valence-corrected chi connectivity index (χ1v) is 7.97. The molecule has 3 aromatic carbocycles. The van der Waals surface area contributed by atoms with Crippen molar-refractivity contribution in [2.75, 3.05) is 11.5 Å². The van der Waals surface area contributed by atoms with Crippen LogP contribution in [0.25, 0.3) is 0 Å². The summed E-state index contributed by atoms with van der Waals surface area (Å²) < 4.78 is 0. The molecule has 0 saturated carbocycles. The van der Waals surface area contributed by atoms with Crippen LogP contribution in [0.1, 0.15) is 15.9 Å². The van der Waals surface area contributed by atoms with E-state index in [2.05, 4.69) is 0 Å². The second-order valence-corrected chi connectivity index (χ2v) is 6.29. The summed E-state index contributed by atoms with van der Waals surface area (Å²) in [4.78, 5) is 14.6. The zero-order valence-electron chi connectivity index (χ0n) is 12.4. The van der Waals surface area contributed by atoms with Crippen LogP contribution in [0.4, 0.5) is 11.4 Å². The summed E-state index contributed by atoms with van der Waals surface area (Å²) in [7, 11) is 0. The first-order chi connectivity index (χ1) is 11.1. The summed E-state index contributed by atoms with van der Waals surface area (Å²) in [5.74, 6) is -0.00552. The van der Waals surface area contributed by atoms with Crippen LogP contribution in [-0.2, 0) is 0 Å². The molecule has 0 saturated heterocycles. The molecule has 0 aromatic heterocycles. The summed E-state index contributed by atoms with van der Waals surface area (Å²) in [6, 6.07) is 22.3. The van der Waals surface area contributed by atoms with E-state index in [9.17, 15) is 4.79 Å². The third-order valence-electron chi connectivity index (χ3n) is 3.41. The highest BCUT2D eigenvalue weighted by Gasteiger charge is 2.09. The number of rotatable bonds is 4. The number of anilines is 2. The Balaban J connectivity index is 1.75. The molecule has 3 aromatic rings. The molecule has 0 amide bonds. The largest absolute Gasteiger partial charge is 0.399 e. The summed E-state index contributed by atoms with van der Waals surface area (Å²) in [6.07, 6.45) is 0. The third kappa shape index (κ3) is 3.73. The molecule has 0 spiro atoms. The van der Waals surface area contributed by atoms with Crippen LogP contribution in [0, 0.1) is 0 Å². The molecule has 23 heavy (non-hydrogen) atoms. The maximum atomic E-state index is 12.4. The number of hydrogen-bond donors (Lipinski definition) is 2. The van der Waals surface area contributed by atoms with Gasteiger partial charge in [-0.15, -0.1) is 0 Å². The van der Waals surface area contributed by atoms with Crippen LogP contribution in [-0.4, -0.2) is 5.78 Å². The minimum Gasteiger partial charge on any atom is -0.399 e. The molecule has 3 nitrogen and oxygen atoms in total. The Morgan fingerprint density at radius 1 is 0.609 bits per heavy atom. The molecule has 0 bridgehead atoms. The topological polar surface area (TPSA) is 69.1 Å². The highest BCUT2D eigenvalue weighted by molar-refractivity contribution is 7.99. The van der Waals surface area contributed by atoms with Gasteiger partial charge in [0.05, 0.1) is 0 Å². The Kier molecular flexibility index (Phi) is 4.35. The van der Waals surface area contributed by atoms with Crippen molar-refractivity contribution in [3.8, 4) is 0 Å². The normalized spacial score (nSPS) is 10.4. The van der Waals surface area contributed by atoms with Crippen LogP contribution >= 0.6 is 11.8 Å². The van der Waals surface area contributed by atoms with Crippen molar-refractivity contribution in [3.05, 3.63) is 83.9 Å². The van der Waals surface area contributed by atoms with E-state index in [1.807, 2.05) is 48.5 Å². The lowest BCUT2D eigenvalue weighted by atomic mass is 10.0. The van der Waals surface area contributed by atoms with Crippen molar-refractivity contribution in [2.24, 2.45) is 0 Å². The Labute approximate surface area is 139 Å². The van der Waals surface area contributed by atoms with Gasteiger partial charge in [-0.05, 0) is 72.8 Å². The zero-order chi connectivity index (χ0) is 16.2. The van der Waals surface area contributed by atoms with Crippen LogP contribution in [0.3, 0.4) is 0 Å². The second kappa shape index (κ2) is 6.58. The summed E-state index contributed by atoms with van der Waals surface area (Å²) in [5, 5.41) is 0. The lowest BCUT2D eigenvalue weighted by Crippen LogP contribution is -2.01. The zero-order valence-corrected chi connectivity index (χ0v) is 13.2. The Bertz CT molecular complexity index is 809. The molecule has 0 fully saturated rings. The highest BCUT2D eigenvalue weighted by Crippen LogP contribution is 2.28. The minimum atomic E-state index is -0.00552. The van der Waals surface area contributed by atoms with Crippen LogP contribution < -0.4 is 11.5 Å². The van der Waals surface area contributed by atoms with Gasteiger partial charge < -0.3 is 11.5 Å². The van der Waals surface area contributed by atoms with Crippen LogP contribution in [0.2, 0.25) is 0 Å². The first-order valence-electron chi connectivity index (χ1n) is 7.15. The van der Waals surface area contributed by atoms with Gasteiger partial charge in [0.1, 0.15) is 0 Å². The van der Waals surface area contributed by atoms with E-state index in [4.69, 9.17) is 11.5 Å². The summed E-state index contributed by atoms with van der Waals surface area (Å²) in [6.45, 7) is 0. The average Bonchev–Trinajstić information content (AvgIpc) is 2.58. The first kappa shape index (κ1) is 15.2. The van der Waals surface area contributed by atoms with E-state index < -0.39 is 0 Å². The maximum absolute atomic E-state index is 12.4. The highest BCUT2D eigenvalue weighted by atomic mass is 32.2. The van der Waals surface area contributed by atoms with E-state index in [0.717, 1.165) is 15.5 Å². The van der Waals surface area contributed by atoms with Crippen molar-refractivity contribution in [1.82, 2.24) is 0 Å². The van der Waals surface area contributed by atoms with Crippen molar-refractivity contribution in [2.45, 2.75) is 9.79 Å². The molecule has 0 aliphatic carbocycles. The van der Waals surface area contributed by atoms with Gasteiger partial charge in [-0.2, -0.15) is 0 Å². The van der Waals surface area contributed by atoms with Crippen molar-refractivity contribution in [1.29, 1.82) is 0 Å². The number of nitrogen functional groups attached to an aromatic ring is 2. The van der Waals surface area contributed by atoms with E-state index in [1.165, 1.54) is 0 Å². The molecule has 0 aliphatic rings. The second-order valence-electron chi connectivity index (χ2n) is 5.15. The van der Waals surface area contributed by atoms with Gasteiger partial charge in [0.15, 0.2) is 5.78 Å². The predicted molar refractivity (Wildman–Crippen MR) is 95.7 cm³/mol. The molecule has 0 unspecified atom stereocenters. The van der Waals surface area contributed by atoms with E-state index in [1.54, 1.807) is 36.0 Å². The number of benzene rings is 3. The molecule has 4 heteroatoms. The fourth-order valence-corrected chi connectivity index (χ4v) is 2.96. The SMILES string of the molecule is Nc1ccc(Sc2ccc(C(=O)c3ccc(N)cc3)cc2)cc1. The standard InChI is InChI=1S/C19H16N2OS/c20-15-5-1-13(2-6-15)19(22)14-3-9-17(10-4-14)23-18-11-7-16(21)8-12-18/h1-12H,20-21H2. The van der Waals surface area contributed by atoms with Gasteiger partial charge in [0.25, 0.3) is 0 Å². The Morgan fingerprint density at radius 2 is 0.957 bits per heavy atom. The molecule has 3 rings (SSSR count). The molecule has 114 valence electrons. The molecule has 0 radical (unpaired) electrons. The number of carbonyl (C=O) groups excluding carboxylic acids is 1. The van der Waals surface area contributed by atoms with E-state index in [0.29, 0.717) is 16.8 Å². The molecule has 0 heterocycles. The average molecular weight is 320 g/mol. The Hall–Kier alpha value is -2.72. The van der Waals surface area contributed by atoms with E-state index in [-0.39, 0.29) is 5.78 Å². The van der Waals surface area contributed by atoms with Crippen LogP contribution in [0.5, 0.6) is 0 Å². The van der Waals surface area contributed by atoms with Crippen molar-refractivity contribution in [3.63, 3.8) is 0 Å². The quantitative estimate of drug-likeness (QED) is 0.557. The maximum Gasteiger partial charge on any atom is 0.193 e. The lowest BCUT2D eigenvalue weighted by molar-refractivity contribution is 0.103. The predicted octanol–water partition coefficient (Wildman–Crippen LogP) is 4.23. The van der Waals surface area contributed by atoms with Gasteiger partial charge >= 0.3 is 0 Å². The van der Waals surface area contributed by atoms with E-state index >= 15 is 0 Å². The fourth-order valence-electron chi connectivity index (χ4n) is 2.15. The van der Waals surface area contributed by atoms with Crippen LogP contribution in [0.15, 0.2) is 82.6 Å². The van der Waals surface area contributed by atoms with Gasteiger partial charge in [0.2, 0.25) is 0 Å². The van der Waals surface area contributed by atoms with Gasteiger partial charge in [0, 0.05) is 32.3 Å². The smallest absolute Gasteiger partial charge is 0.193 e. The molecular weight excluding hydrogens is 304 g/mol. The molecular formula is C19H16N2OS. The van der Waals surface area contributed by atoms with Gasteiger partial charge in [-0.1, -0.05) is 11.8 Å². The van der Waals surface area contributed by atoms with Gasteiger partial charge in [-0.3, -0.25) is 4.79 Å². The van der Waals surface area contributed by atoms with Gasteiger partial charge in [-0.25, -0.2) is 0 Å². The number of ketones is 1. The molecule has 0 aliphatic heterocycles. The fraction of sp³-hybridized carbons (Fsp3) is 0. The summed E-state index contributed by atoms with van der Waals surface area (Å²) >= 11 is 1.63. The molecule has 4 N–H and O–H groups in total. The Morgan fingerprint density at radius 3 is 1.43 bits per heavy atom. The lowest BCUT2D eigenvalue weighted by Gasteiger charge is -2.05. The minimum absolute atomic E-state index is 0.00552. The summed E-state index contributed by atoms with van der Waals surface area (Å²) in [5.41, 5.74) is 14.0. The third-order valence-corrected chi connectivity index (χ3v) is 4.42.